The monoisotopic (exact) mass is 525 g/mol. The summed E-state index contributed by atoms with van der Waals surface area (Å²) in [4.78, 5) is 42.9. The number of benzene rings is 2. The summed E-state index contributed by atoms with van der Waals surface area (Å²) >= 11 is 6.29. The minimum Gasteiger partial charge on any atom is -0.396 e. The maximum absolute atomic E-state index is 13.9. The summed E-state index contributed by atoms with van der Waals surface area (Å²) in [6.07, 6.45) is 1.95. The highest BCUT2D eigenvalue weighted by molar-refractivity contribution is 6.33. The summed E-state index contributed by atoms with van der Waals surface area (Å²) in [5.41, 5.74) is -0.534. The highest BCUT2D eigenvalue weighted by atomic mass is 35.5. The minimum atomic E-state index is -1.12. The first-order valence-corrected chi connectivity index (χ1v) is 13.2. The number of ether oxygens (including phenoxy) is 1. The van der Waals surface area contributed by atoms with E-state index in [0.717, 1.165) is 5.56 Å². The summed E-state index contributed by atoms with van der Waals surface area (Å²) < 4.78 is 6.71. The molecule has 2 aromatic carbocycles. The molecule has 9 heteroatoms. The van der Waals surface area contributed by atoms with Gasteiger partial charge >= 0.3 is 0 Å². The number of hydrogen-bond donors (Lipinski definition) is 3. The fourth-order valence-corrected chi connectivity index (χ4v) is 6.74. The van der Waals surface area contributed by atoms with E-state index in [0.29, 0.717) is 42.9 Å². The Bertz CT molecular complexity index is 1190. The van der Waals surface area contributed by atoms with Crippen LogP contribution in [0.4, 0.5) is 5.69 Å². The lowest BCUT2D eigenvalue weighted by atomic mass is 9.65. The number of likely N-dealkylation sites (tertiary alicyclic amines) is 1. The van der Waals surface area contributed by atoms with Crippen molar-refractivity contribution in [2.75, 3.05) is 18.5 Å². The Morgan fingerprint density at radius 2 is 1.84 bits per heavy atom. The van der Waals surface area contributed by atoms with Gasteiger partial charge < -0.3 is 25.4 Å². The lowest BCUT2D eigenvalue weighted by molar-refractivity contribution is -0.146. The smallest absolute Gasteiger partial charge is 0.250 e. The number of rotatable bonds is 9. The number of aliphatic hydroxyl groups is 1. The van der Waals surface area contributed by atoms with Gasteiger partial charge in [-0.05, 0) is 43.4 Å². The van der Waals surface area contributed by atoms with Crippen LogP contribution in [0.5, 0.6) is 0 Å². The number of aliphatic hydroxyl groups excluding tert-OH is 1. The van der Waals surface area contributed by atoms with Crippen molar-refractivity contribution >= 4 is 35.0 Å². The van der Waals surface area contributed by atoms with Gasteiger partial charge in [0.15, 0.2) is 0 Å². The predicted octanol–water partition coefficient (Wildman–Crippen LogP) is 3.13. The van der Waals surface area contributed by atoms with Crippen LogP contribution in [-0.2, 0) is 25.7 Å². The van der Waals surface area contributed by atoms with Crippen molar-refractivity contribution in [2.24, 2.45) is 11.8 Å². The Labute approximate surface area is 221 Å². The Morgan fingerprint density at radius 3 is 2.54 bits per heavy atom. The SMILES string of the molecule is CC[C@]12CCC3(O1)C(C(=O)Nc1ccccc1Cl)N(CCCO)C(=O)[C@@H]3[C@H]2C(=O)NCc1ccccc1. The Morgan fingerprint density at radius 1 is 1.11 bits per heavy atom. The third-order valence-corrected chi connectivity index (χ3v) is 8.54. The van der Waals surface area contributed by atoms with E-state index >= 15 is 0 Å². The molecular formula is C28H32ClN3O5. The highest BCUT2D eigenvalue weighted by Gasteiger charge is 2.78. The first-order chi connectivity index (χ1) is 17.9. The van der Waals surface area contributed by atoms with Crippen molar-refractivity contribution in [3.63, 3.8) is 0 Å². The van der Waals surface area contributed by atoms with Crippen molar-refractivity contribution in [1.29, 1.82) is 0 Å². The lowest BCUT2D eigenvalue weighted by Gasteiger charge is -2.34. The van der Waals surface area contributed by atoms with Crippen LogP contribution >= 0.6 is 11.6 Å². The number of halogens is 1. The second-order valence-corrected chi connectivity index (χ2v) is 10.5. The van der Waals surface area contributed by atoms with E-state index in [4.69, 9.17) is 16.3 Å². The van der Waals surface area contributed by atoms with Gasteiger partial charge in [0, 0.05) is 19.7 Å². The van der Waals surface area contributed by atoms with Gasteiger partial charge in [-0.15, -0.1) is 0 Å². The van der Waals surface area contributed by atoms with Crippen LogP contribution in [0.3, 0.4) is 0 Å². The zero-order chi connectivity index (χ0) is 26.2. The van der Waals surface area contributed by atoms with Crippen molar-refractivity contribution in [3.05, 3.63) is 65.2 Å². The van der Waals surface area contributed by atoms with E-state index in [1.165, 1.54) is 4.90 Å². The summed E-state index contributed by atoms with van der Waals surface area (Å²) in [6.45, 7) is 2.37. The molecule has 3 aliphatic rings. The fraction of sp³-hybridized carbons (Fsp3) is 0.464. The van der Waals surface area contributed by atoms with Gasteiger partial charge in [0.1, 0.15) is 11.6 Å². The molecule has 2 unspecified atom stereocenters. The Balaban J connectivity index is 1.48. The maximum Gasteiger partial charge on any atom is 0.250 e. The van der Waals surface area contributed by atoms with Crippen LogP contribution in [0, 0.1) is 11.8 Å². The number of nitrogens with zero attached hydrogens (tertiary/aromatic N) is 1. The zero-order valence-electron chi connectivity index (χ0n) is 20.8. The van der Waals surface area contributed by atoms with Gasteiger partial charge in [0.05, 0.1) is 28.1 Å². The quantitative estimate of drug-likeness (QED) is 0.466. The number of para-hydroxylation sites is 1. The Hall–Kier alpha value is -2.94. The van der Waals surface area contributed by atoms with E-state index in [1.54, 1.807) is 24.3 Å². The number of carbonyl (C=O) groups is 3. The van der Waals surface area contributed by atoms with E-state index in [2.05, 4.69) is 10.6 Å². The summed E-state index contributed by atoms with van der Waals surface area (Å²) in [5.74, 6) is -2.41. The van der Waals surface area contributed by atoms with E-state index < -0.39 is 35.0 Å². The fourth-order valence-electron chi connectivity index (χ4n) is 6.56. The molecular weight excluding hydrogens is 494 g/mol. The summed E-state index contributed by atoms with van der Waals surface area (Å²) in [5, 5.41) is 15.8. The molecule has 0 aliphatic carbocycles. The van der Waals surface area contributed by atoms with Gasteiger partial charge in [-0.25, -0.2) is 0 Å². The molecule has 1 spiro atoms. The van der Waals surface area contributed by atoms with E-state index in [9.17, 15) is 19.5 Å². The molecule has 5 atom stereocenters. The van der Waals surface area contributed by atoms with Crippen molar-refractivity contribution in [2.45, 2.75) is 56.4 Å². The predicted molar refractivity (Wildman–Crippen MR) is 139 cm³/mol. The van der Waals surface area contributed by atoms with Crippen LogP contribution in [0.1, 0.15) is 38.2 Å². The van der Waals surface area contributed by atoms with Gasteiger partial charge in [-0.3, -0.25) is 14.4 Å². The molecule has 3 saturated heterocycles. The summed E-state index contributed by atoms with van der Waals surface area (Å²) in [6, 6.07) is 15.6. The van der Waals surface area contributed by atoms with Gasteiger partial charge in [0.2, 0.25) is 17.7 Å². The summed E-state index contributed by atoms with van der Waals surface area (Å²) in [7, 11) is 0. The Kier molecular flexibility index (Phi) is 7.00. The third-order valence-electron chi connectivity index (χ3n) is 8.21. The molecule has 2 aromatic rings. The van der Waals surface area contributed by atoms with Gasteiger partial charge in [0.25, 0.3) is 0 Å². The highest BCUT2D eigenvalue weighted by Crippen LogP contribution is 2.64. The minimum absolute atomic E-state index is 0.124. The van der Waals surface area contributed by atoms with Crippen LogP contribution in [0.25, 0.3) is 0 Å². The normalized spacial score (nSPS) is 29.9. The van der Waals surface area contributed by atoms with Crippen molar-refractivity contribution in [3.8, 4) is 0 Å². The molecule has 196 valence electrons. The second kappa shape index (κ2) is 10.1. The molecule has 3 N–H and O–H groups in total. The molecule has 8 nitrogen and oxygen atoms in total. The maximum atomic E-state index is 13.9. The van der Waals surface area contributed by atoms with Gasteiger partial charge in [-0.2, -0.15) is 0 Å². The van der Waals surface area contributed by atoms with Crippen LogP contribution in [0.15, 0.2) is 54.6 Å². The first kappa shape index (κ1) is 25.7. The zero-order valence-corrected chi connectivity index (χ0v) is 21.5. The molecule has 2 bridgehead atoms. The van der Waals surface area contributed by atoms with Crippen LogP contribution in [0.2, 0.25) is 5.02 Å². The standard InChI is InChI=1S/C28H32ClN3O5/c1-2-27-13-14-28(37-27)22(21(27)24(34)30-17-18-9-4-3-5-10-18)26(36)32(15-8-16-33)23(28)25(35)31-20-12-7-6-11-19(20)29/h3-7,9-12,21-23,33H,2,8,13-17H2,1H3,(H,30,34)(H,31,35)/t21-,22-,23?,27+,28?/m0/s1. The lowest BCUT2D eigenvalue weighted by Crippen LogP contribution is -2.53. The van der Waals surface area contributed by atoms with Crippen LogP contribution in [-0.4, -0.2) is 58.1 Å². The molecule has 0 saturated carbocycles. The third kappa shape index (κ3) is 4.21. The van der Waals surface area contributed by atoms with E-state index in [1.807, 2.05) is 37.3 Å². The number of hydrogen-bond acceptors (Lipinski definition) is 5. The number of fused-ring (bicyclic) bond motifs is 1. The first-order valence-electron chi connectivity index (χ1n) is 12.9. The van der Waals surface area contributed by atoms with Crippen molar-refractivity contribution in [1.82, 2.24) is 10.2 Å². The molecule has 37 heavy (non-hydrogen) atoms. The topological polar surface area (TPSA) is 108 Å². The number of amides is 3. The molecule has 0 radical (unpaired) electrons. The second-order valence-electron chi connectivity index (χ2n) is 10.1. The molecule has 3 aliphatic heterocycles. The number of anilines is 1. The number of carbonyl (C=O) groups excluding carboxylic acids is 3. The molecule has 5 rings (SSSR count). The van der Waals surface area contributed by atoms with Gasteiger partial charge in [-0.1, -0.05) is 61.0 Å². The number of nitrogens with one attached hydrogen (secondary N) is 2. The molecule has 3 heterocycles. The van der Waals surface area contributed by atoms with E-state index in [-0.39, 0.29) is 25.0 Å². The van der Waals surface area contributed by atoms with Crippen molar-refractivity contribution < 1.29 is 24.2 Å². The largest absolute Gasteiger partial charge is 0.396 e. The average Bonchev–Trinajstić information content (AvgIpc) is 3.51. The molecule has 3 amide bonds. The average molecular weight is 526 g/mol. The molecule has 0 aromatic heterocycles. The molecule has 3 fully saturated rings. The van der Waals surface area contributed by atoms with Crippen LogP contribution < -0.4 is 10.6 Å².